The molecule has 1 aromatic carbocycles. The zero-order valence-corrected chi connectivity index (χ0v) is 12.6. The summed E-state index contributed by atoms with van der Waals surface area (Å²) < 4.78 is 26.7. The van der Waals surface area contributed by atoms with E-state index in [2.05, 4.69) is 9.71 Å². The van der Waals surface area contributed by atoms with Crippen LogP contribution in [0.3, 0.4) is 0 Å². The maximum atomic E-state index is 12.1. The lowest BCUT2D eigenvalue weighted by Crippen LogP contribution is -2.26. The fourth-order valence-corrected chi connectivity index (χ4v) is 3.68. The van der Waals surface area contributed by atoms with Crippen LogP contribution in [0, 0.1) is 11.3 Å². The van der Waals surface area contributed by atoms with Crippen LogP contribution >= 0.6 is 22.9 Å². The Labute approximate surface area is 125 Å². The summed E-state index contributed by atoms with van der Waals surface area (Å²) in [5.74, 6) is 0. The Morgan fingerprint density at radius 2 is 2.25 bits per heavy atom. The van der Waals surface area contributed by atoms with Crippen molar-refractivity contribution in [2.24, 2.45) is 0 Å². The predicted octanol–water partition coefficient (Wildman–Crippen LogP) is 2.19. The second-order valence-electron chi connectivity index (χ2n) is 3.88. The van der Waals surface area contributed by atoms with Crippen LogP contribution in [0.5, 0.6) is 0 Å². The Bertz CT molecular complexity index is 737. The number of nitrogens with one attached hydrogen (secondary N) is 1. The summed E-state index contributed by atoms with van der Waals surface area (Å²) in [6.45, 7) is 0.221. The number of hydrogen-bond acceptors (Lipinski definition) is 5. The van der Waals surface area contributed by atoms with Crippen molar-refractivity contribution in [2.75, 3.05) is 6.54 Å². The second kappa shape index (κ2) is 6.33. The number of benzene rings is 1. The number of thiazole rings is 1. The SMILES string of the molecule is N#Cc1ccc(Cl)c(S(=O)(=O)NCCc2cscn2)c1. The molecule has 0 unspecified atom stereocenters. The molecular formula is C12H10ClN3O2S2. The highest BCUT2D eigenvalue weighted by Crippen LogP contribution is 2.22. The van der Waals surface area contributed by atoms with Gasteiger partial charge in [0.25, 0.3) is 0 Å². The summed E-state index contributed by atoms with van der Waals surface area (Å²) in [4.78, 5) is 3.98. The minimum Gasteiger partial charge on any atom is -0.250 e. The van der Waals surface area contributed by atoms with Gasteiger partial charge in [0.1, 0.15) is 4.90 Å². The van der Waals surface area contributed by atoms with Crippen molar-refractivity contribution in [2.45, 2.75) is 11.3 Å². The smallest absolute Gasteiger partial charge is 0.242 e. The lowest BCUT2D eigenvalue weighted by atomic mass is 10.2. The Hall–Kier alpha value is -1.46. The third kappa shape index (κ3) is 3.55. The first kappa shape index (κ1) is 14.9. The molecule has 1 aromatic heterocycles. The Morgan fingerprint density at radius 1 is 1.45 bits per heavy atom. The number of rotatable bonds is 5. The molecule has 0 bridgehead atoms. The molecule has 0 fully saturated rings. The lowest BCUT2D eigenvalue weighted by Gasteiger charge is -2.08. The summed E-state index contributed by atoms with van der Waals surface area (Å²) in [6.07, 6.45) is 0.498. The van der Waals surface area contributed by atoms with Crippen LogP contribution < -0.4 is 4.72 Å². The Balaban J connectivity index is 2.12. The van der Waals surface area contributed by atoms with Crippen LogP contribution in [0.4, 0.5) is 0 Å². The number of halogens is 1. The highest BCUT2D eigenvalue weighted by molar-refractivity contribution is 7.89. The van der Waals surface area contributed by atoms with Crippen LogP contribution in [0.1, 0.15) is 11.3 Å². The summed E-state index contributed by atoms with van der Waals surface area (Å²) in [7, 11) is -3.73. The molecule has 2 aromatic rings. The fourth-order valence-electron chi connectivity index (χ4n) is 1.53. The van der Waals surface area contributed by atoms with Gasteiger partial charge in [0, 0.05) is 18.3 Å². The van der Waals surface area contributed by atoms with E-state index >= 15 is 0 Å². The highest BCUT2D eigenvalue weighted by atomic mass is 35.5. The van der Waals surface area contributed by atoms with Crippen molar-refractivity contribution in [3.8, 4) is 6.07 Å². The molecule has 0 spiro atoms. The van der Waals surface area contributed by atoms with E-state index in [1.807, 2.05) is 11.4 Å². The van der Waals surface area contributed by atoms with E-state index in [4.69, 9.17) is 16.9 Å². The predicted molar refractivity (Wildman–Crippen MR) is 77.2 cm³/mol. The third-order valence-corrected chi connectivity index (χ3v) is 5.08. The van der Waals surface area contributed by atoms with Crippen molar-refractivity contribution in [1.29, 1.82) is 5.26 Å². The van der Waals surface area contributed by atoms with Gasteiger partial charge in [0.2, 0.25) is 10.0 Å². The van der Waals surface area contributed by atoms with E-state index in [0.29, 0.717) is 6.42 Å². The number of aromatic nitrogens is 1. The van der Waals surface area contributed by atoms with Gasteiger partial charge in [-0.1, -0.05) is 11.6 Å². The molecular weight excluding hydrogens is 318 g/mol. The van der Waals surface area contributed by atoms with Gasteiger partial charge in [-0.05, 0) is 18.2 Å². The Morgan fingerprint density at radius 3 is 2.90 bits per heavy atom. The first-order chi connectivity index (χ1) is 9.53. The first-order valence-electron chi connectivity index (χ1n) is 5.59. The number of sulfonamides is 1. The van der Waals surface area contributed by atoms with Gasteiger partial charge in [0.05, 0.1) is 27.9 Å². The van der Waals surface area contributed by atoms with Crippen LogP contribution in [0.15, 0.2) is 34.0 Å². The zero-order chi connectivity index (χ0) is 14.6. The molecule has 0 saturated carbocycles. The quantitative estimate of drug-likeness (QED) is 0.912. The molecule has 0 aliphatic heterocycles. The van der Waals surface area contributed by atoms with Crippen molar-refractivity contribution >= 4 is 33.0 Å². The minimum atomic E-state index is -3.73. The number of nitrogens with zero attached hydrogens (tertiary/aromatic N) is 2. The van der Waals surface area contributed by atoms with Crippen molar-refractivity contribution in [3.05, 3.63) is 45.4 Å². The summed E-state index contributed by atoms with van der Waals surface area (Å²) >= 11 is 7.33. The van der Waals surface area contributed by atoms with Gasteiger partial charge >= 0.3 is 0 Å². The maximum absolute atomic E-state index is 12.1. The average Bonchev–Trinajstić information content (AvgIpc) is 2.92. The van der Waals surface area contributed by atoms with Crippen molar-refractivity contribution < 1.29 is 8.42 Å². The lowest BCUT2D eigenvalue weighted by molar-refractivity contribution is 0.581. The largest absolute Gasteiger partial charge is 0.250 e. The summed E-state index contributed by atoms with van der Waals surface area (Å²) in [6, 6.07) is 6.01. The molecule has 20 heavy (non-hydrogen) atoms. The highest BCUT2D eigenvalue weighted by Gasteiger charge is 2.18. The van der Waals surface area contributed by atoms with E-state index in [-0.39, 0.29) is 22.0 Å². The van der Waals surface area contributed by atoms with Gasteiger partial charge in [-0.3, -0.25) is 0 Å². The van der Waals surface area contributed by atoms with Crippen molar-refractivity contribution in [1.82, 2.24) is 9.71 Å². The summed E-state index contributed by atoms with van der Waals surface area (Å²) in [5.41, 5.74) is 2.76. The molecule has 1 heterocycles. The molecule has 1 N–H and O–H groups in total. The van der Waals surface area contributed by atoms with E-state index in [1.54, 1.807) is 5.51 Å². The Kier molecular flexibility index (Phi) is 4.73. The van der Waals surface area contributed by atoms with E-state index in [0.717, 1.165) is 5.69 Å². The molecule has 0 radical (unpaired) electrons. The van der Waals surface area contributed by atoms with Crippen LogP contribution in [0.2, 0.25) is 5.02 Å². The maximum Gasteiger partial charge on any atom is 0.242 e. The molecule has 0 aliphatic carbocycles. The molecule has 2 rings (SSSR count). The van der Waals surface area contributed by atoms with Gasteiger partial charge in [-0.25, -0.2) is 18.1 Å². The normalized spacial score (nSPS) is 11.2. The van der Waals surface area contributed by atoms with Crippen LogP contribution in [-0.4, -0.2) is 19.9 Å². The van der Waals surface area contributed by atoms with Gasteiger partial charge in [-0.15, -0.1) is 11.3 Å². The molecule has 0 amide bonds. The molecule has 0 atom stereocenters. The second-order valence-corrected chi connectivity index (χ2v) is 6.75. The van der Waals surface area contributed by atoms with Gasteiger partial charge in [-0.2, -0.15) is 5.26 Å². The van der Waals surface area contributed by atoms with Crippen molar-refractivity contribution in [3.63, 3.8) is 0 Å². The number of hydrogen-bond donors (Lipinski definition) is 1. The zero-order valence-electron chi connectivity index (χ0n) is 10.2. The van der Waals surface area contributed by atoms with E-state index < -0.39 is 10.0 Å². The number of nitriles is 1. The first-order valence-corrected chi connectivity index (χ1v) is 8.40. The van der Waals surface area contributed by atoms with Gasteiger partial charge in [0.15, 0.2) is 0 Å². The standard InChI is InChI=1S/C12H10ClN3O2S2/c13-11-2-1-9(6-14)5-12(11)20(17,18)16-4-3-10-7-19-8-15-10/h1-2,5,7-8,16H,3-4H2. The van der Waals surface area contributed by atoms with Gasteiger partial charge < -0.3 is 0 Å². The van der Waals surface area contributed by atoms with Crippen LogP contribution in [-0.2, 0) is 16.4 Å². The minimum absolute atomic E-state index is 0.0866. The average molecular weight is 328 g/mol. The van der Waals surface area contributed by atoms with Crippen LogP contribution in [0.25, 0.3) is 0 Å². The van der Waals surface area contributed by atoms with E-state index in [1.165, 1.54) is 29.5 Å². The van der Waals surface area contributed by atoms with E-state index in [9.17, 15) is 8.42 Å². The molecule has 0 saturated heterocycles. The molecule has 8 heteroatoms. The monoisotopic (exact) mass is 327 g/mol. The summed E-state index contributed by atoms with van der Waals surface area (Å²) in [5, 5.41) is 10.8. The third-order valence-electron chi connectivity index (χ3n) is 2.51. The topological polar surface area (TPSA) is 82.8 Å². The molecule has 0 aliphatic rings. The molecule has 104 valence electrons. The molecule has 5 nitrogen and oxygen atoms in total. The fraction of sp³-hybridized carbons (Fsp3) is 0.167.